The molecule has 0 saturated heterocycles. The maximum atomic E-state index is 6.23. The van der Waals surface area contributed by atoms with E-state index >= 15 is 0 Å². The Morgan fingerprint density at radius 3 is 2.46 bits per heavy atom. The minimum absolute atomic E-state index is 0.443. The lowest BCUT2D eigenvalue weighted by Crippen LogP contribution is -2.04. The van der Waals surface area contributed by atoms with Gasteiger partial charge in [-0.3, -0.25) is 0 Å². The lowest BCUT2D eigenvalue weighted by molar-refractivity contribution is 0.146. The number of aromatic nitrogens is 3. The Bertz CT molecular complexity index is 785. The van der Waals surface area contributed by atoms with Gasteiger partial charge in [-0.15, -0.1) is 0 Å². The fraction of sp³-hybridized carbons (Fsp3) is 0.333. The van der Waals surface area contributed by atoms with Gasteiger partial charge in [0.25, 0.3) is 0 Å². The zero-order chi connectivity index (χ0) is 17.5. The van der Waals surface area contributed by atoms with Gasteiger partial charge in [0.2, 0.25) is 0 Å². The summed E-state index contributed by atoms with van der Waals surface area (Å²) in [6.45, 7) is 7.10. The summed E-state index contributed by atoms with van der Waals surface area (Å²) in [7, 11) is 1.65. The van der Waals surface area contributed by atoms with Gasteiger partial charge in [0, 0.05) is 19.0 Å². The van der Waals surface area contributed by atoms with E-state index < -0.39 is 0 Å². The van der Waals surface area contributed by atoms with Crippen molar-refractivity contribution in [1.29, 1.82) is 0 Å². The number of nitrogens with zero attached hydrogens (tertiary/aromatic N) is 3. The SMILES string of the molecule is CC.COCCOc1ccc(-n2cc(C)c3ncnc(Cl)c32)cc1. The second kappa shape index (κ2) is 8.66. The van der Waals surface area contributed by atoms with Crippen molar-refractivity contribution in [1.82, 2.24) is 14.5 Å². The molecule has 6 heteroatoms. The first-order chi connectivity index (χ1) is 11.7. The molecule has 0 amide bonds. The highest BCUT2D eigenvalue weighted by Crippen LogP contribution is 2.27. The standard InChI is InChI=1S/C16H16ClN3O2.C2H6/c1-11-9-20(15-14(11)18-10-19-16(15)17)12-3-5-13(6-4-12)22-8-7-21-2;1-2/h3-6,9-10H,7-8H2,1-2H3;1-2H3. The smallest absolute Gasteiger partial charge is 0.157 e. The van der Waals surface area contributed by atoms with Crippen LogP contribution in [0.3, 0.4) is 0 Å². The summed E-state index contributed by atoms with van der Waals surface area (Å²) in [5.41, 5.74) is 3.71. The van der Waals surface area contributed by atoms with E-state index in [-0.39, 0.29) is 0 Å². The molecule has 0 saturated carbocycles. The number of benzene rings is 1. The predicted octanol–water partition coefficient (Wildman–Crippen LogP) is 4.43. The van der Waals surface area contributed by atoms with Crippen LogP contribution in [0.15, 0.2) is 36.8 Å². The normalized spacial score (nSPS) is 10.4. The fourth-order valence-corrected chi connectivity index (χ4v) is 2.55. The van der Waals surface area contributed by atoms with Gasteiger partial charge >= 0.3 is 0 Å². The number of hydrogen-bond acceptors (Lipinski definition) is 4. The second-order valence-electron chi connectivity index (χ2n) is 4.88. The Labute approximate surface area is 147 Å². The van der Waals surface area contributed by atoms with Gasteiger partial charge in [-0.2, -0.15) is 0 Å². The summed E-state index contributed by atoms with van der Waals surface area (Å²) >= 11 is 6.23. The molecule has 0 N–H and O–H groups in total. The zero-order valence-corrected chi connectivity index (χ0v) is 15.2. The summed E-state index contributed by atoms with van der Waals surface area (Å²) in [6, 6.07) is 7.79. The van der Waals surface area contributed by atoms with Crippen LogP contribution in [0.5, 0.6) is 5.75 Å². The van der Waals surface area contributed by atoms with Crippen LogP contribution in [0.4, 0.5) is 0 Å². The van der Waals surface area contributed by atoms with Crippen LogP contribution in [0.2, 0.25) is 5.15 Å². The molecule has 2 heterocycles. The molecule has 2 aromatic heterocycles. The Morgan fingerprint density at radius 2 is 1.79 bits per heavy atom. The van der Waals surface area contributed by atoms with E-state index in [1.54, 1.807) is 7.11 Å². The molecular formula is C18H22ClN3O2. The van der Waals surface area contributed by atoms with E-state index in [1.807, 2.05) is 55.8 Å². The first-order valence-corrected chi connectivity index (χ1v) is 8.29. The first-order valence-electron chi connectivity index (χ1n) is 7.91. The molecule has 0 aliphatic rings. The van der Waals surface area contributed by atoms with E-state index in [4.69, 9.17) is 21.1 Å². The molecule has 5 nitrogen and oxygen atoms in total. The monoisotopic (exact) mass is 347 g/mol. The minimum Gasteiger partial charge on any atom is -0.491 e. The third-order valence-corrected chi connectivity index (χ3v) is 3.66. The number of halogens is 1. The van der Waals surface area contributed by atoms with Gasteiger partial charge in [0.05, 0.1) is 12.1 Å². The van der Waals surface area contributed by atoms with Crippen LogP contribution in [0.1, 0.15) is 19.4 Å². The molecule has 0 unspecified atom stereocenters. The topological polar surface area (TPSA) is 49.2 Å². The molecule has 3 rings (SSSR count). The molecule has 0 spiro atoms. The molecule has 128 valence electrons. The van der Waals surface area contributed by atoms with Crippen molar-refractivity contribution in [3.63, 3.8) is 0 Å². The Hall–Kier alpha value is -2.11. The molecule has 1 aromatic carbocycles. The predicted molar refractivity (Wildman–Crippen MR) is 97.3 cm³/mol. The van der Waals surface area contributed by atoms with Crippen molar-refractivity contribution >= 4 is 22.6 Å². The fourth-order valence-electron chi connectivity index (χ4n) is 2.33. The number of ether oxygens (including phenoxy) is 2. The van der Waals surface area contributed by atoms with Crippen molar-refractivity contribution in [2.45, 2.75) is 20.8 Å². The first kappa shape index (κ1) is 18.2. The summed E-state index contributed by atoms with van der Waals surface area (Å²) < 4.78 is 12.5. The lowest BCUT2D eigenvalue weighted by Gasteiger charge is -2.08. The quantitative estimate of drug-likeness (QED) is 0.506. The summed E-state index contributed by atoms with van der Waals surface area (Å²) in [6.07, 6.45) is 3.49. The van der Waals surface area contributed by atoms with Crippen molar-refractivity contribution in [3.8, 4) is 11.4 Å². The van der Waals surface area contributed by atoms with Crippen molar-refractivity contribution in [3.05, 3.63) is 47.5 Å². The van der Waals surface area contributed by atoms with Gasteiger partial charge in [-0.25, -0.2) is 9.97 Å². The van der Waals surface area contributed by atoms with Gasteiger partial charge < -0.3 is 14.0 Å². The highest BCUT2D eigenvalue weighted by atomic mass is 35.5. The van der Waals surface area contributed by atoms with E-state index in [9.17, 15) is 0 Å². The number of fused-ring (bicyclic) bond motifs is 1. The number of aryl methyl sites for hydroxylation is 1. The van der Waals surface area contributed by atoms with E-state index in [2.05, 4.69) is 9.97 Å². The third kappa shape index (κ3) is 3.86. The van der Waals surface area contributed by atoms with Crippen LogP contribution in [-0.2, 0) is 4.74 Å². The van der Waals surface area contributed by atoms with Gasteiger partial charge in [-0.05, 0) is 36.8 Å². The number of rotatable bonds is 5. The lowest BCUT2D eigenvalue weighted by atomic mass is 10.3. The van der Waals surface area contributed by atoms with Crippen LogP contribution in [0, 0.1) is 6.92 Å². The van der Waals surface area contributed by atoms with Gasteiger partial charge in [-0.1, -0.05) is 25.4 Å². The van der Waals surface area contributed by atoms with Gasteiger partial charge in [0.1, 0.15) is 24.2 Å². The molecule has 0 bridgehead atoms. The third-order valence-electron chi connectivity index (χ3n) is 3.39. The van der Waals surface area contributed by atoms with Crippen LogP contribution in [0.25, 0.3) is 16.7 Å². The maximum absolute atomic E-state index is 6.23. The van der Waals surface area contributed by atoms with Gasteiger partial charge in [0.15, 0.2) is 5.15 Å². The molecule has 0 radical (unpaired) electrons. The molecule has 0 atom stereocenters. The van der Waals surface area contributed by atoms with Crippen molar-refractivity contribution in [2.75, 3.05) is 20.3 Å². The van der Waals surface area contributed by atoms with Crippen molar-refractivity contribution in [2.24, 2.45) is 0 Å². The van der Waals surface area contributed by atoms with Crippen LogP contribution < -0.4 is 4.74 Å². The molecular weight excluding hydrogens is 326 g/mol. The summed E-state index contributed by atoms with van der Waals surface area (Å²) in [5.74, 6) is 0.802. The Morgan fingerprint density at radius 1 is 1.08 bits per heavy atom. The molecule has 0 aliphatic carbocycles. The number of hydrogen-bond donors (Lipinski definition) is 0. The highest BCUT2D eigenvalue weighted by Gasteiger charge is 2.12. The largest absolute Gasteiger partial charge is 0.491 e. The summed E-state index contributed by atoms with van der Waals surface area (Å²) in [4.78, 5) is 8.37. The van der Waals surface area contributed by atoms with Crippen LogP contribution >= 0.6 is 11.6 Å². The second-order valence-corrected chi connectivity index (χ2v) is 5.24. The molecule has 0 aliphatic heterocycles. The average Bonchev–Trinajstić information content (AvgIpc) is 2.96. The minimum atomic E-state index is 0.443. The molecule has 0 fully saturated rings. The Balaban J connectivity index is 0.00000100. The zero-order valence-electron chi connectivity index (χ0n) is 14.4. The van der Waals surface area contributed by atoms with E-state index in [0.29, 0.717) is 18.4 Å². The number of methoxy groups -OCH3 is 1. The average molecular weight is 348 g/mol. The summed E-state index contributed by atoms with van der Waals surface area (Å²) in [5, 5.41) is 0.443. The highest BCUT2D eigenvalue weighted by molar-refractivity contribution is 6.33. The maximum Gasteiger partial charge on any atom is 0.157 e. The molecule has 3 aromatic rings. The van der Waals surface area contributed by atoms with Crippen molar-refractivity contribution < 1.29 is 9.47 Å². The Kier molecular flexibility index (Phi) is 6.58. The van der Waals surface area contributed by atoms with E-state index in [1.165, 1.54) is 6.33 Å². The van der Waals surface area contributed by atoms with Crippen LogP contribution in [-0.4, -0.2) is 34.9 Å². The molecule has 24 heavy (non-hydrogen) atoms. The van der Waals surface area contributed by atoms with E-state index in [0.717, 1.165) is 28.0 Å².